The lowest BCUT2D eigenvalue weighted by Crippen LogP contribution is -2.13. The molecule has 0 aliphatic heterocycles. The Morgan fingerprint density at radius 3 is 1.86 bits per heavy atom. The van der Waals surface area contributed by atoms with Gasteiger partial charge in [-0.3, -0.25) is 4.79 Å². The molecule has 0 bridgehead atoms. The van der Waals surface area contributed by atoms with Crippen LogP contribution in [0.25, 0.3) is 0 Å². The lowest BCUT2D eigenvalue weighted by atomic mass is 10.0. The highest BCUT2D eigenvalue weighted by atomic mass is 16.3. The maximum absolute atomic E-state index is 12.0. The monoisotopic (exact) mass is 292 g/mol. The van der Waals surface area contributed by atoms with Crippen molar-refractivity contribution >= 4 is 0 Å². The van der Waals surface area contributed by atoms with Gasteiger partial charge < -0.3 is 4.42 Å². The quantitative estimate of drug-likeness (QED) is 0.522. The summed E-state index contributed by atoms with van der Waals surface area (Å²) in [5.74, 6) is 1.67. The Morgan fingerprint density at radius 2 is 1.29 bits per heavy atom. The smallest absolute Gasteiger partial charge is 0.191 e. The Labute approximate surface area is 130 Å². The van der Waals surface area contributed by atoms with Gasteiger partial charge in [0.2, 0.25) is 0 Å². The zero-order valence-corrected chi connectivity index (χ0v) is 14.4. The van der Waals surface area contributed by atoms with Crippen molar-refractivity contribution < 1.29 is 4.42 Å². The molecule has 1 aromatic rings. The van der Waals surface area contributed by atoms with Gasteiger partial charge in [-0.15, -0.1) is 0 Å². The topological polar surface area (TPSA) is 30.2 Å². The first-order valence-corrected chi connectivity index (χ1v) is 8.67. The van der Waals surface area contributed by atoms with E-state index in [1.165, 1.54) is 51.4 Å². The second kappa shape index (κ2) is 9.81. The number of hydrogen-bond donors (Lipinski definition) is 0. The Kier molecular flexibility index (Phi) is 8.41. The highest BCUT2D eigenvalue weighted by Crippen LogP contribution is 2.15. The third-order valence-electron chi connectivity index (χ3n) is 4.41. The lowest BCUT2D eigenvalue weighted by molar-refractivity contribution is 0.443. The Balaban J connectivity index is 2.23. The van der Waals surface area contributed by atoms with Crippen LogP contribution in [0.3, 0.4) is 0 Å². The average molecular weight is 292 g/mol. The second-order valence-electron chi connectivity index (χ2n) is 6.24. The molecule has 21 heavy (non-hydrogen) atoms. The first kappa shape index (κ1) is 18.0. The molecular weight excluding hydrogens is 260 g/mol. The summed E-state index contributed by atoms with van der Waals surface area (Å²) in [5, 5.41) is 0. The summed E-state index contributed by atoms with van der Waals surface area (Å²) in [6.45, 7) is 7.88. The van der Waals surface area contributed by atoms with Crippen LogP contribution in [-0.2, 0) is 6.42 Å². The zero-order valence-electron chi connectivity index (χ0n) is 14.4. The predicted molar refractivity (Wildman–Crippen MR) is 90.1 cm³/mol. The van der Waals surface area contributed by atoms with Crippen molar-refractivity contribution in [2.75, 3.05) is 0 Å². The van der Waals surface area contributed by atoms with Crippen LogP contribution in [-0.4, -0.2) is 0 Å². The fraction of sp³-hybridized carbons (Fsp3) is 0.737. The van der Waals surface area contributed by atoms with E-state index in [0.717, 1.165) is 35.5 Å². The number of rotatable bonds is 10. The highest BCUT2D eigenvalue weighted by Gasteiger charge is 2.10. The molecule has 0 fully saturated rings. The molecule has 0 radical (unpaired) electrons. The van der Waals surface area contributed by atoms with E-state index in [1.54, 1.807) is 0 Å². The van der Waals surface area contributed by atoms with Crippen molar-refractivity contribution in [3.63, 3.8) is 0 Å². The van der Waals surface area contributed by atoms with Gasteiger partial charge in [0.1, 0.15) is 11.5 Å². The molecule has 0 aliphatic carbocycles. The van der Waals surface area contributed by atoms with Gasteiger partial charge in [0.15, 0.2) is 5.43 Å². The molecule has 2 nitrogen and oxygen atoms in total. The first-order valence-electron chi connectivity index (χ1n) is 8.67. The van der Waals surface area contributed by atoms with Crippen molar-refractivity contribution in [3.8, 4) is 0 Å². The lowest BCUT2D eigenvalue weighted by Gasteiger charge is -2.08. The molecule has 1 rings (SSSR count). The Hall–Kier alpha value is -1.05. The van der Waals surface area contributed by atoms with Crippen LogP contribution in [0.4, 0.5) is 0 Å². The molecule has 0 spiro atoms. The van der Waals surface area contributed by atoms with Crippen LogP contribution in [0.1, 0.15) is 87.4 Å². The molecule has 0 aliphatic rings. The van der Waals surface area contributed by atoms with Crippen molar-refractivity contribution in [1.82, 2.24) is 0 Å². The van der Waals surface area contributed by atoms with E-state index in [4.69, 9.17) is 4.42 Å². The van der Waals surface area contributed by atoms with E-state index < -0.39 is 0 Å². The Bertz CT molecular complexity index is 471. The van der Waals surface area contributed by atoms with Gasteiger partial charge in [0.05, 0.1) is 0 Å². The molecule has 0 N–H and O–H groups in total. The number of aryl methyl sites for hydroxylation is 2. The van der Waals surface area contributed by atoms with Crippen LogP contribution in [0.5, 0.6) is 0 Å². The third-order valence-corrected chi connectivity index (χ3v) is 4.41. The van der Waals surface area contributed by atoms with Crippen molar-refractivity contribution in [3.05, 3.63) is 32.9 Å². The van der Waals surface area contributed by atoms with Crippen LogP contribution in [0.15, 0.2) is 9.21 Å². The van der Waals surface area contributed by atoms with E-state index in [1.807, 2.05) is 20.8 Å². The molecule has 0 atom stereocenters. The molecule has 1 heterocycles. The highest BCUT2D eigenvalue weighted by molar-refractivity contribution is 5.25. The summed E-state index contributed by atoms with van der Waals surface area (Å²) in [6, 6.07) is 0. The van der Waals surface area contributed by atoms with E-state index in [-0.39, 0.29) is 5.43 Å². The van der Waals surface area contributed by atoms with Gasteiger partial charge in [-0.2, -0.15) is 0 Å². The van der Waals surface area contributed by atoms with Gasteiger partial charge in [-0.05, 0) is 27.2 Å². The van der Waals surface area contributed by atoms with E-state index >= 15 is 0 Å². The molecule has 0 unspecified atom stereocenters. The largest absolute Gasteiger partial charge is 0.466 e. The fourth-order valence-corrected chi connectivity index (χ4v) is 2.74. The molecule has 0 saturated heterocycles. The third kappa shape index (κ3) is 6.07. The van der Waals surface area contributed by atoms with Crippen molar-refractivity contribution in [1.29, 1.82) is 0 Å². The van der Waals surface area contributed by atoms with Crippen LogP contribution in [0, 0.1) is 20.8 Å². The van der Waals surface area contributed by atoms with E-state index in [0.29, 0.717) is 0 Å². The van der Waals surface area contributed by atoms with Crippen LogP contribution >= 0.6 is 0 Å². The second-order valence-corrected chi connectivity index (χ2v) is 6.24. The number of hydrogen-bond acceptors (Lipinski definition) is 2. The molecule has 2 heteroatoms. The molecule has 1 aromatic heterocycles. The minimum absolute atomic E-state index is 0.157. The van der Waals surface area contributed by atoms with Gasteiger partial charge in [-0.25, -0.2) is 0 Å². The standard InChI is InChI=1S/C19H32O2/c1-5-6-7-8-9-10-11-12-13-14-18-16(3)19(20)15(2)17(4)21-18/h5-14H2,1-4H3. The summed E-state index contributed by atoms with van der Waals surface area (Å²) in [5.41, 5.74) is 1.71. The average Bonchev–Trinajstić information content (AvgIpc) is 2.48. The molecule has 0 amide bonds. The minimum atomic E-state index is 0.157. The van der Waals surface area contributed by atoms with Crippen LogP contribution in [0.2, 0.25) is 0 Å². The van der Waals surface area contributed by atoms with Gasteiger partial charge >= 0.3 is 0 Å². The normalized spacial score (nSPS) is 11.0. The molecular formula is C19H32O2. The van der Waals surface area contributed by atoms with E-state index in [9.17, 15) is 4.79 Å². The summed E-state index contributed by atoms with van der Waals surface area (Å²) in [7, 11) is 0. The maximum atomic E-state index is 12.0. The minimum Gasteiger partial charge on any atom is -0.466 e. The summed E-state index contributed by atoms with van der Waals surface area (Å²) < 4.78 is 5.79. The van der Waals surface area contributed by atoms with Crippen molar-refractivity contribution in [2.45, 2.75) is 91.9 Å². The van der Waals surface area contributed by atoms with Gasteiger partial charge in [-0.1, -0.05) is 58.3 Å². The van der Waals surface area contributed by atoms with Crippen LogP contribution < -0.4 is 5.43 Å². The van der Waals surface area contributed by atoms with Gasteiger partial charge in [0.25, 0.3) is 0 Å². The SMILES string of the molecule is CCCCCCCCCCCc1oc(C)c(C)c(=O)c1C. The maximum Gasteiger partial charge on any atom is 0.191 e. The predicted octanol–water partition coefficient (Wildman–Crippen LogP) is 5.64. The Morgan fingerprint density at radius 1 is 0.762 bits per heavy atom. The molecule has 0 aromatic carbocycles. The summed E-state index contributed by atoms with van der Waals surface area (Å²) in [4.78, 5) is 12.0. The van der Waals surface area contributed by atoms with Crippen molar-refractivity contribution in [2.24, 2.45) is 0 Å². The fourth-order valence-electron chi connectivity index (χ4n) is 2.74. The van der Waals surface area contributed by atoms with E-state index in [2.05, 4.69) is 6.92 Å². The summed E-state index contributed by atoms with van der Waals surface area (Å²) in [6.07, 6.45) is 12.8. The zero-order chi connectivity index (χ0) is 15.7. The number of unbranched alkanes of at least 4 members (excludes halogenated alkanes) is 8. The summed E-state index contributed by atoms with van der Waals surface area (Å²) >= 11 is 0. The van der Waals surface area contributed by atoms with Gasteiger partial charge in [0, 0.05) is 17.5 Å². The molecule has 0 saturated carbocycles. The molecule has 120 valence electrons. The first-order chi connectivity index (χ1) is 10.1.